The number of hydrogen-bond acceptors (Lipinski definition) is 1. The molecule has 0 aliphatic carbocycles. The zero-order chi connectivity index (χ0) is 8.97. The molecule has 0 atom stereocenters. The lowest BCUT2D eigenvalue weighted by molar-refractivity contribution is 0.202. The molecular formula is C11H16O. The topological polar surface area (TPSA) is 9.23 Å². The first-order chi connectivity index (χ1) is 5.74. The molecule has 66 valence electrons. The van der Waals surface area contributed by atoms with Gasteiger partial charge < -0.3 is 4.74 Å². The lowest BCUT2D eigenvalue weighted by Gasteiger charge is -2.05. The van der Waals surface area contributed by atoms with Gasteiger partial charge in [0.05, 0.1) is 6.61 Å². The number of ether oxygens (including phenoxy) is 1. The van der Waals surface area contributed by atoms with E-state index in [4.69, 9.17) is 4.74 Å². The van der Waals surface area contributed by atoms with Crippen LogP contribution in [0.1, 0.15) is 16.7 Å². The van der Waals surface area contributed by atoms with Gasteiger partial charge in [0.25, 0.3) is 0 Å². The molecule has 0 saturated heterocycles. The number of hydrogen-bond donors (Lipinski definition) is 0. The summed E-state index contributed by atoms with van der Waals surface area (Å²) in [5.74, 6) is 0. The molecule has 1 rings (SSSR count). The van der Waals surface area contributed by atoms with E-state index in [1.54, 1.807) is 7.11 Å². The van der Waals surface area contributed by atoms with Gasteiger partial charge in [-0.2, -0.15) is 0 Å². The summed E-state index contributed by atoms with van der Waals surface area (Å²) < 4.78 is 5.04. The Kier molecular flexibility index (Phi) is 3.30. The van der Waals surface area contributed by atoms with Crippen molar-refractivity contribution in [2.75, 3.05) is 13.7 Å². The molecule has 0 aliphatic rings. The summed E-state index contributed by atoms with van der Waals surface area (Å²) in [6, 6.07) is 6.54. The minimum absolute atomic E-state index is 0.810. The van der Waals surface area contributed by atoms with Crippen molar-refractivity contribution in [1.82, 2.24) is 0 Å². The van der Waals surface area contributed by atoms with Crippen LogP contribution in [0.5, 0.6) is 0 Å². The highest BCUT2D eigenvalue weighted by molar-refractivity contribution is 5.30. The predicted octanol–water partition coefficient (Wildman–Crippen LogP) is 2.49. The summed E-state index contributed by atoms with van der Waals surface area (Å²) in [4.78, 5) is 0. The van der Waals surface area contributed by atoms with Crippen LogP contribution < -0.4 is 0 Å². The maximum atomic E-state index is 5.04. The predicted molar refractivity (Wildman–Crippen MR) is 51.5 cm³/mol. The smallest absolute Gasteiger partial charge is 0.0502 e. The Hall–Kier alpha value is -0.820. The summed E-state index contributed by atoms with van der Waals surface area (Å²) in [6.45, 7) is 5.07. The minimum atomic E-state index is 0.810. The SMILES string of the molecule is COCCc1cc(C)ccc1C. The molecule has 12 heavy (non-hydrogen) atoms. The summed E-state index contributed by atoms with van der Waals surface area (Å²) in [5.41, 5.74) is 4.08. The Bertz CT molecular complexity index is 253. The van der Waals surface area contributed by atoms with Crippen molar-refractivity contribution in [3.63, 3.8) is 0 Å². The molecule has 0 aliphatic heterocycles. The highest BCUT2D eigenvalue weighted by atomic mass is 16.5. The van der Waals surface area contributed by atoms with E-state index < -0.39 is 0 Å². The van der Waals surface area contributed by atoms with Crippen LogP contribution in [0.2, 0.25) is 0 Å². The van der Waals surface area contributed by atoms with Gasteiger partial charge in [0, 0.05) is 7.11 Å². The molecule has 0 spiro atoms. The maximum Gasteiger partial charge on any atom is 0.0502 e. The summed E-state index contributed by atoms with van der Waals surface area (Å²) in [5, 5.41) is 0. The molecule has 1 nitrogen and oxygen atoms in total. The van der Waals surface area contributed by atoms with Crippen molar-refractivity contribution in [2.24, 2.45) is 0 Å². The Labute approximate surface area is 74.4 Å². The lowest BCUT2D eigenvalue weighted by atomic mass is 10.0. The standard InChI is InChI=1S/C11H16O/c1-9-4-5-10(2)11(8-9)6-7-12-3/h4-5,8H,6-7H2,1-3H3. The van der Waals surface area contributed by atoms with E-state index in [-0.39, 0.29) is 0 Å². The molecule has 0 aromatic heterocycles. The minimum Gasteiger partial charge on any atom is -0.384 e. The normalized spacial score (nSPS) is 10.2. The second-order valence-corrected chi connectivity index (χ2v) is 3.17. The molecular weight excluding hydrogens is 148 g/mol. The molecule has 1 aromatic carbocycles. The van der Waals surface area contributed by atoms with Gasteiger partial charge in [-0.3, -0.25) is 0 Å². The average Bonchev–Trinajstić information content (AvgIpc) is 2.07. The first-order valence-electron chi connectivity index (χ1n) is 4.29. The van der Waals surface area contributed by atoms with Crippen LogP contribution in [0.15, 0.2) is 18.2 Å². The van der Waals surface area contributed by atoms with Gasteiger partial charge in [0.1, 0.15) is 0 Å². The van der Waals surface area contributed by atoms with Gasteiger partial charge in [-0.1, -0.05) is 23.8 Å². The molecule has 0 N–H and O–H groups in total. The fourth-order valence-electron chi connectivity index (χ4n) is 1.28. The number of benzene rings is 1. The molecule has 0 bridgehead atoms. The van der Waals surface area contributed by atoms with Crippen LogP contribution in [0.4, 0.5) is 0 Å². The fraction of sp³-hybridized carbons (Fsp3) is 0.455. The van der Waals surface area contributed by atoms with E-state index >= 15 is 0 Å². The molecule has 0 unspecified atom stereocenters. The third-order valence-electron chi connectivity index (χ3n) is 2.08. The number of rotatable bonds is 3. The van der Waals surface area contributed by atoms with E-state index in [1.165, 1.54) is 16.7 Å². The van der Waals surface area contributed by atoms with Crippen LogP contribution in [-0.2, 0) is 11.2 Å². The van der Waals surface area contributed by atoms with Gasteiger partial charge >= 0.3 is 0 Å². The highest BCUT2D eigenvalue weighted by Crippen LogP contribution is 2.10. The monoisotopic (exact) mass is 164 g/mol. The highest BCUT2D eigenvalue weighted by Gasteiger charge is 1.97. The van der Waals surface area contributed by atoms with Gasteiger partial charge in [-0.05, 0) is 31.4 Å². The Morgan fingerprint density at radius 1 is 1.25 bits per heavy atom. The largest absolute Gasteiger partial charge is 0.384 e. The second-order valence-electron chi connectivity index (χ2n) is 3.17. The number of aryl methyl sites for hydroxylation is 2. The van der Waals surface area contributed by atoms with Crippen molar-refractivity contribution in [3.8, 4) is 0 Å². The van der Waals surface area contributed by atoms with E-state index in [1.807, 2.05) is 0 Å². The first-order valence-corrected chi connectivity index (χ1v) is 4.29. The molecule has 0 saturated carbocycles. The zero-order valence-electron chi connectivity index (χ0n) is 8.05. The summed E-state index contributed by atoms with van der Waals surface area (Å²) in [6.07, 6.45) is 1.02. The third-order valence-corrected chi connectivity index (χ3v) is 2.08. The Balaban J connectivity index is 2.75. The molecule has 0 radical (unpaired) electrons. The molecule has 1 aromatic rings. The average molecular weight is 164 g/mol. The fourth-order valence-corrected chi connectivity index (χ4v) is 1.28. The van der Waals surface area contributed by atoms with Gasteiger partial charge in [0.15, 0.2) is 0 Å². The van der Waals surface area contributed by atoms with E-state index in [9.17, 15) is 0 Å². The Morgan fingerprint density at radius 3 is 2.67 bits per heavy atom. The van der Waals surface area contributed by atoms with E-state index in [0.29, 0.717) is 0 Å². The summed E-state index contributed by atoms with van der Waals surface area (Å²) >= 11 is 0. The van der Waals surface area contributed by atoms with Gasteiger partial charge in [-0.25, -0.2) is 0 Å². The number of methoxy groups -OCH3 is 1. The van der Waals surface area contributed by atoms with Crippen LogP contribution in [-0.4, -0.2) is 13.7 Å². The van der Waals surface area contributed by atoms with Crippen LogP contribution >= 0.6 is 0 Å². The van der Waals surface area contributed by atoms with Crippen molar-refractivity contribution >= 4 is 0 Å². The lowest BCUT2D eigenvalue weighted by Crippen LogP contribution is -1.97. The van der Waals surface area contributed by atoms with Crippen molar-refractivity contribution < 1.29 is 4.74 Å². The van der Waals surface area contributed by atoms with Crippen LogP contribution in [0.25, 0.3) is 0 Å². The zero-order valence-corrected chi connectivity index (χ0v) is 8.05. The van der Waals surface area contributed by atoms with Crippen molar-refractivity contribution in [3.05, 3.63) is 34.9 Å². The van der Waals surface area contributed by atoms with Gasteiger partial charge in [0.2, 0.25) is 0 Å². The first kappa shape index (κ1) is 9.27. The van der Waals surface area contributed by atoms with Crippen LogP contribution in [0.3, 0.4) is 0 Å². The summed E-state index contributed by atoms with van der Waals surface area (Å²) in [7, 11) is 1.74. The van der Waals surface area contributed by atoms with E-state index in [2.05, 4.69) is 32.0 Å². The van der Waals surface area contributed by atoms with Gasteiger partial charge in [-0.15, -0.1) is 0 Å². The Morgan fingerprint density at radius 2 is 2.00 bits per heavy atom. The van der Waals surface area contributed by atoms with Crippen LogP contribution in [0, 0.1) is 13.8 Å². The van der Waals surface area contributed by atoms with Crippen molar-refractivity contribution in [1.29, 1.82) is 0 Å². The molecule has 1 heteroatoms. The maximum absolute atomic E-state index is 5.04. The third kappa shape index (κ3) is 2.35. The van der Waals surface area contributed by atoms with E-state index in [0.717, 1.165) is 13.0 Å². The molecule has 0 fully saturated rings. The van der Waals surface area contributed by atoms with Crippen molar-refractivity contribution in [2.45, 2.75) is 20.3 Å². The second kappa shape index (κ2) is 4.27. The quantitative estimate of drug-likeness (QED) is 0.667. The molecule has 0 amide bonds. The molecule has 0 heterocycles.